The van der Waals surface area contributed by atoms with Gasteiger partial charge in [-0.15, -0.1) is 0 Å². The Kier molecular flexibility index (Phi) is 2.86. The van der Waals surface area contributed by atoms with Gasteiger partial charge in [0.1, 0.15) is 6.23 Å². The van der Waals surface area contributed by atoms with E-state index in [2.05, 4.69) is 16.8 Å². The number of likely N-dealkylation sites (N-methyl/N-ethyl adjacent to an activating group) is 1. The molecule has 0 amide bonds. The first kappa shape index (κ1) is 9.44. The SMILES string of the molecule is COC(C1CC1)N1CCN(C)CC1. The van der Waals surface area contributed by atoms with Crippen molar-refractivity contribution in [1.82, 2.24) is 9.80 Å². The van der Waals surface area contributed by atoms with Crippen LogP contribution in [0.2, 0.25) is 0 Å². The van der Waals surface area contributed by atoms with Crippen LogP contribution in [0.1, 0.15) is 12.8 Å². The number of hydrogen-bond acceptors (Lipinski definition) is 3. The van der Waals surface area contributed by atoms with Crippen LogP contribution in [0.15, 0.2) is 0 Å². The maximum Gasteiger partial charge on any atom is 0.113 e. The van der Waals surface area contributed by atoms with Gasteiger partial charge in [-0.25, -0.2) is 0 Å². The average molecular weight is 184 g/mol. The van der Waals surface area contributed by atoms with Gasteiger partial charge in [-0.3, -0.25) is 4.90 Å². The van der Waals surface area contributed by atoms with Crippen molar-refractivity contribution in [3.63, 3.8) is 0 Å². The summed E-state index contributed by atoms with van der Waals surface area (Å²) in [4.78, 5) is 4.88. The quantitative estimate of drug-likeness (QED) is 0.639. The van der Waals surface area contributed by atoms with Crippen molar-refractivity contribution in [2.24, 2.45) is 5.92 Å². The van der Waals surface area contributed by atoms with Crippen molar-refractivity contribution in [3.8, 4) is 0 Å². The summed E-state index contributed by atoms with van der Waals surface area (Å²) in [5, 5.41) is 0. The van der Waals surface area contributed by atoms with E-state index in [1.165, 1.54) is 39.0 Å². The molecule has 0 aromatic heterocycles. The Hall–Kier alpha value is -0.120. The van der Waals surface area contributed by atoms with E-state index in [0.29, 0.717) is 6.23 Å². The normalized spacial score (nSPS) is 29.1. The smallest absolute Gasteiger partial charge is 0.113 e. The summed E-state index contributed by atoms with van der Waals surface area (Å²) < 4.78 is 5.56. The predicted octanol–water partition coefficient (Wildman–Crippen LogP) is 0.616. The molecule has 1 heterocycles. The van der Waals surface area contributed by atoms with Gasteiger partial charge in [-0.05, 0) is 25.8 Å². The first-order chi connectivity index (χ1) is 6.31. The maximum atomic E-state index is 5.56. The molecule has 1 aliphatic carbocycles. The van der Waals surface area contributed by atoms with Gasteiger partial charge in [0.2, 0.25) is 0 Å². The fourth-order valence-corrected chi connectivity index (χ4v) is 2.10. The number of rotatable bonds is 3. The second kappa shape index (κ2) is 3.95. The molecule has 2 rings (SSSR count). The van der Waals surface area contributed by atoms with Crippen LogP contribution in [0.4, 0.5) is 0 Å². The van der Waals surface area contributed by atoms with Crippen LogP contribution >= 0.6 is 0 Å². The number of methoxy groups -OCH3 is 1. The minimum absolute atomic E-state index is 0.411. The first-order valence-corrected chi connectivity index (χ1v) is 5.26. The lowest BCUT2D eigenvalue weighted by Gasteiger charge is -2.37. The van der Waals surface area contributed by atoms with Crippen LogP contribution in [-0.4, -0.2) is 56.4 Å². The molecule has 2 aliphatic rings. The van der Waals surface area contributed by atoms with Gasteiger partial charge in [-0.2, -0.15) is 0 Å². The molecule has 0 aromatic rings. The van der Waals surface area contributed by atoms with Crippen LogP contribution in [0.5, 0.6) is 0 Å². The fraction of sp³-hybridized carbons (Fsp3) is 1.00. The Bertz CT molecular complexity index is 162. The molecule has 0 N–H and O–H groups in total. The average Bonchev–Trinajstić information content (AvgIpc) is 2.93. The van der Waals surface area contributed by atoms with E-state index >= 15 is 0 Å². The molecule has 13 heavy (non-hydrogen) atoms. The summed E-state index contributed by atoms with van der Waals surface area (Å²) in [6.07, 6.45) is 3.14. The summed E-state index contributed by atoms with van der Waals surface area (Å²) in [6.45, 7) is 4.72. The van der Waals surface area contributed by atoms with Gasteiger partial charge in [-0.1, -0.05) is 0 Å². The van der Waals surface area contributed by atoms with E-state index in [1.807, 2.05) is 7.11 Å². The Labute approximate surface area is 80.6 Å². The Morgan fingerprint density at radius 2 is 1.77 bits per heavy atom. The van der Waals surface area contributed by atoms with Crippen LogP contribution in [-0.2, 0) is 4.74 Å². The second-order valence-electron chi connectivity index (χ2n) is 4.30. The van der Waals surface area contributed by atoms with Crippen LogP contribution in [0.25, 0.3) is 0 Å². The number of piperazine rings is 1. The highest BCUT2D eigenvalue weighted by Crippen LogP contribution is 2.35. The third-order valence-electron chi connectivity index (χ3n) is 3.16. The Morgan fingerprint density at radius 1 is 1.15 bits per heavy atom. The molecule has 0 radical (unpaired) electrons. The molecule has 1 saturated carbocycles. The highest BCUT2D eigenvalue weighted by molar-refractivity contribution is 4.84. The molecule has 2 fully saturated rings. The first-order valence-electron chi connectivity index (χ1n) is 5.26. The predicted molar refractivity (Wildman–Crippen MR) is 52.6 cm³/mol. The molecule has 76 valence electrons. The topological polar surface area (TPSA) is 15.7 Å². The lowest BCUT2D eigenvalue weighted by atomic mass is 10.2. The zero-order chi connectivity index (χ0) is 9.26. The highest BCUT2D eigenvalue weighted by Gasteiger charge is 2.36. The molecule has 3 nitrogen and oxygen atoms in total. The summed E-state index contributed by atoms with van der Waals surface area (Å²) in [7, 11) is 4.04. The second-order valence-corrected chi connectivity index (χ2v) is 4.30. The van der Waals surface area contributed by atoms with E-state index in [1.54, 1.807) is 0 Å². The van der Waals surface area contributed by atoms with Gasteiger partial charge in [0.25, 0.3) is 0 Å². The van der Waals surface area contributed by atoms with Crippen LogP contribution in [0.3, 0.4) is 0 Å². The molecule has 0 bridgehead atoms. The lowest BCUT2D eigenvalue weighted by molar-refractivity contribution is -0.0637. The molecule has 0 aromatic carbocycles. The van der Waals surface area contributed by atoms with Crippen LogP contribution < -0.4 is 0 Å². The van der Waals surface area contributed by atoms with Gasteiger partial charge >= 0.3 is 0 Å². The van der Waals surface area contributed by atoms with Crippen LogP contribution in [0, 0.1) is 5.92 Å². The van der Waals surface area contributed by atoms with E-state index in [4.69, 9.17) is 4.74 Å². The molecule has 3 heteroatoms. The van der Waals surface area contributed by atoms with Gasteiger partial charge in [0.15, 0.2) is 0 Å². The monoisotopic (exact) mass is 184 g/mol. The fourth-order valence-electron chi connectivity index (χ4n) is 2.10. The third kappa shape index (κ3) is 2.22. The van der Waals surface area contributed by atoms with E-state index < -0.39 is 0 Å². The zero-order valence-corrected chi connectivity index (χ0v) is 8.70. The van der Waals surface area contributed by atoms with Gasteiger partial charge in [0.05, 0.1) is 0 Å². The van der Waals surface area contributed by atoms with Gasteiger partial charge in [0, 0.05) is 33.3 Å². The molecular weight excluding hydrogens is 164 g/mol. The molecule has 1 aliphatic heterocycles. The lowest BCUT2D eigenvalue weighted by Crippen LogP contribution is -2.50. The minimum Gasteiger partial charge on any atom is -0.366 e. The molecule has 1 saturated heterocycles. The molecule has 0 spiro atoms. The van der Waals surface area contributed by atoms with E-state index in [-0.39, 0.29) is 0 Å². The zero-order valence-electron chi connectivity index (χ0n) is 8.70. The van der Waals surface area contributed by atoms with Gasteiger partial charge < -0.3 is 9.64 Å². The number of hydrogen-bond donors (Lipinski definition) is 0. The highest BCUT2D eigenvalue weighted by atomic mass is 16.5. The summed E-state index contributed by atoms with van der Waals surface area (Å²) >= 11 is 0. The summed E-state index contributed by atoms with van der Waals surface area (Å²) in [5.74, 6) is 0.827. The molecule has 1 unspecified atom stereocenters. The largest absolute Gasteiger partial charge is 0.366 e. The standard InChI is InChI=1S/C10H20N2O/c1-11-5-7-12(8-6-11)10(13-2)9-3-4-9/h9-10H,3-8H2,1-2H3. The summed E-state index contributed by atoms with van der Waals surface area (Å²) in [5.41, 5.74) is 0. The minimum atomic E-state index is 0.411. The van der Waals surface area contributed by atoms with Crippen molar-refractivity contribution in [2.45, 2.75) is 19.1 Å². The summed E-state index contributed by atoms with van der Waals surface area (Å²) in [6, 6.07) is 0. The third-order valence-corrected chi connectivity index (χ3v) is 3.16. The maximum absolute atomic E-state index is 5.56. The van der Waals surface area contributed by atoms with Crippen molar-refractivity contribution in [1.29, 1.82) is 0 Å². The van der Waals surface area contributed by atoms with E-state index in [0.717, 1.165) is 5.92 Å². The Balaban J connectivity index is 1.84. The van der Waals surface area contributed by atoms with Crippen molar-refractivity contribution >= 4 is 0 Å². The van der Waals surface area contributed by atoms with Crippen molar-refractivity contribution in [2.75, 3.05) is 40.3 Å². The molecular formula is C10H20N2O. The van der Waals surface area contributed by atoms with Crippen molar-refractivity contribution < 1.29 is 4.74 Å². The molecule has 1 atom stereocenters. The Morgan fingerprint density at radius 3 is 2.23 bits per heavy atom. The number of ether oxygens (including phenoxy) is 1. The van der Waals surface area contributed by atoms with E-state index in [9.17, 15) is 0 Å². The van der Waals surface area contributed by atoms with Crippen molar-refractivity contribution in [3.05, 3.63) is 0 Å². The number of nitrogens with zero attached hydrogens (tertiary/aromatic N) is 2.